The van der Waals surface area contributed by atoms with Crippen LogP contribution in [-0.4, -0.2) is 4.98 Å². The number of nitrogens with zero attached hydrogens (tertiary/aromatic N) is 1. The summed E-state index contributed by atoms with van der Waals surface area (Å²) in [6.45, 7) is 2.21. The molecule has 0 unspecified atom stereocenters. The molecular weight excluding hydrogens is 255 g/mol. The van der Waals surface area contributed by atoms with E-state index in [-0.39, 0.29) is 12.4 Å². The first kappa shape index (κ1) is 12.5. The molecule has 0 fully saturated rings. The molecule has 0 saturated heterocycles. The molecule has 0 aliphatic carbocycles. The van der Waals surface area contributed by atoms with Crippen LogP contribution in [0.4, 0.5) is 4.39 Å². The van der Waals surface area contributed by atoms with Gasteiger partial charge in [0.2, 0.25) is 0 Å². The van der Waals surface area contributed by atoms with E-state index in [4.69, 9.17) is 5.73 Å². The monoisotopic (exact) mass is 268 g/mol. The van der Waals surface area contributed by atoms with Crippen LogP contribution in [0.15, 0.2) is 27.9 Å². The number of aryl methyl sites for hydroxylation is 1. The van der Waals surface area contributed by atoms with E-state index in [0.717, 1.165) is 21.3 Å². The number of rotatable bonds is 4. The highest BCUT2D eigenvalue weighted by atomic mass is 32.2. The molecule has 0 bridgehead atoms. The lowest BCUT2D eigenvalue weighted by atomic mass is 10.1. The molecule has 17 heavy (non-hydrogen) atoms. The molecule has 1 aromatic heterocycles. The number of benzene rings is 1. The largest absolute Gasteiger partial charge is 0.326 e. The van der Waals surface area contributed by atoms with E-state index in [2.05, 4.69) is 4.98 Å². The van der Waals surface area contributed by atoms with Crippen LogP contribution in [0.1, 0.15) is 16.8 Å². The topological polar surface area (TPSA) is 38.9 Å². The maximum absolute atomic E-state index is 13.2. The van der Waals surface area contributed by atoms with Crippen LogP contribution in [0.2, 0.25) is 0 Å². The average molecular weight is 268 g/mol. The molecule has 2 aromatic rings. The van der Waals surface area contributed by atoms with Crippen LogP contribution in [0, 0.1) is 12.7 Å². The standard InChI is InChI=1S/C12H13FN2S2/c1-8-6-16-12(15-8)17-7-9-2-3-11(13)10(4-9)5-14/h2-4,6H,5,7,14H2,1H3. The van der Waals surface area contributed by atoms with Crippen molar-refractivity contribution in [3.8, 4) is 0 Å². The summed E-state index contributed by atoms with van der Waals surface area (Å²) in [7, 11) is 0. The Morgan fingerprint density at radius 2 is 2.29 bits per heavy atom. The Kier molecular flexibility index (Phi) is 4.15. The molecule has 90 valence electrons. The van der Waals surface area contributed by atoms with E-state index < -0.39 is 0 Å². The van der Waals surface area contributed by atoms with Gasteiger partial charge in [-0.2, -0.15) is 0 Å². The van der Waals surface area contributed by atoms with Crippen molar-refractivity contribution in [2.24, 2.45) is 5.73 Å². The smallest absolute Gasteiger partial charge is 0.150 e. The van der Waals surface area contributed by atoms with Gasteiger partial charge in [0, 0.05) is 28.9 Å². The van der Waals surface area contributed by atoms with Gasteiger partial charge in [-0.3, -0.25) is 0 Å². The number of thiazole rings is 1. The lowest BCUT2D eigenvalue weighted by Gasteiger charge is -2.03. The van der Waals surface area contributed by atoms with Crippen LogP contribution in [0.3, 0.4) is 0 Å². The van der Waals surface area contributed by atoms with Gasteiger partial charge in [-0.05, 0) is 18.6 Å². The highest BCUT2D eigenvalue weighted by Gasteiger charge is 2.04. The van der Waals surface area contributed by atoms with Gasteiger partial charge >= 0.3 is 0 Å². The number of hydrogen-bond acceptors (Lipinski definition) is 4. The van der Waals surface area contributed by atoms with Crippen molar-refractivity contribution in [2.75, 3.05) is 0 Å². The molecule has 1 aromatic carbocycles. The summed E-state index contributed by atoms with van der Waals surface area (Å²) in [5.41, 5.74) is 8.16. The molecular formula is C12H13FN2S2. The number of hydrogen-bond donors (Lipinski definition) is 1. The van der Waals surface area contributed by atoms with E-state index in [1.807, 2.05) is 18.4 Å². The summed E-state index contributed by atoms with van der Waals surface area (Å²) in [5, 5.41) is 2.03. The molecule has 2 nitrogen and oxygen atoms in total. The van der Waals surface area contributed by atoms with Crippen LogP contribution in [0.25, 0.3) is 0 Å². The zero-order valence-corrected chi connectivity index (χ0v) is 11.1. The lowest BCUT2D eigenvalue weighted by molar-refractivity contribution is 0.610. The van der Waals surface area contributed by atoms with Crippen molar-refractivity contribution in [3.05, 3.63) is 46.2 Å². The number of halogens is 1. The molecule has 0 spiro atoms. The third-order valence-electron chi connectivity index (χ3n) is 2.29. The van der Waals surface area contributed by atoms with Crippen LogP contribution in [0.5, 0.6) is 0 Å². The van der Waals surface area contributed by atoms with Gasteiger partial charge in [0.1, 0.15) is 10.2 Å². The van der Waals surface area contributed by atoms with Crippen LogP contribution >= 0.6 is 23.1 Å². The third-order valence-corrected chi connectivity index (χ3v) is 4.50. The first-order chi connectivity index (χ1) is 8.19. The zero-order valence-electron chi connectivity index (χ0n) is 9.44. The predicted octanol–water partition coefficient (Wildman–Crippen LogP) is 3.34. The van der Waals surface area contributed by atoms with Crippen LogP contribution in [-0.2, 0) is 12.3 Å². The Labute approximate surface area is 108 Å². The highest BCUT2D eigenvalue weighted by molar-refractivity contribution is 8.00. The fourth-order valence-corrected chi connectivity index (χ4v) is 3.21. The summed E-state index contributed by atoms with van der Waals surface area (Å²) in [6.07, 6.45) is 0. The molecule has 0 radical (unpaired) electrons. The average Bonchev–Trinajstić information content (AvgIpc) is 2.74. The van der Waals surface area contributed by atoms with E-state index in [0.29, 0.717) is 5.56 Å². The fraction of sp³-hybridized carbons (Fsp3) is 0.250. The third kappa shape index (κ3) is 3.28. The Morgan fingerprint density at radius 1 is 1.47 bits per heavy atom. The van der Waals surface area contributed by atoms with Gasteiger partial charge in [-0.1, -0.05) is 23.9 Å². The van der Waals surface area contributed by atoms with Crippen molar-refractivity contribution in [3.63, 3.8) is 0 Å². The first-order valence-corrected chi connectivity index (χ1v) is 7.08. The molecule has 5 heteroatoms. The maximum atomic E-state index is 13.2. The van der Waals surface area contributed by atoms with Gasteiger partial charge in [0.25, 0.3) is 0 Å². The number of nitrogens with two attached hydrogens (primary N) is 1. The van der Waals surface area contributed by atoms with Gasteiger partial charge in [0.15, 0.2) is 0 Å². The zero-order chi connectivity index (χ0) is 12.3. The molecule has 0 atom stereocenters. The summed E-state index contributed by atoms with van der Waals surface area (Å²) in [6, 6.07) is 5.09. The lowest BCUT2D eigenvalue weighted by Crippen LogP contribution is -2.00. The second-order valence-electron chi connectivity index (χ2n) is 3.67. The summed E-state index contributed by atoms with van der Waals surface area (Å²) in [5.74, 6) is 0.562. The van der Waals surface area contributed by atoms with E-state index in [1.165, 1.54) is 6.07 Å². The Balaban J connectivity index is 2.04. The second kappa shape index (κ2) is 5.62. The molecule has 0 aliphatic heterocycles. The maximum Gasteiger partial charge on any atom is 0.150 e. The van der Waals surface area contributed by atoms with Crippen molar-refractivity contribution >= 4 is 23.1 Å². The quantitative estimate of drug-likeness (QED) is 0.864. The normalized spacial score (nSPS) is 10.8. The van der Waals surface area contributed by atoms with Crippen molar-refractivity contribution in [1.82, 2.24) is 4.98 Å². The Morgan fingerprint density at radius 3 is 2.94 bits per heavy atom. The summed E-state index contributed by atoms with van der Waals surface area (Å²) < 4.78 is 14.3. The molecule has 1 heterocycles. The highest BCUT2D eigenvalue weighted by Crippen LogP contribution is 2.26. The molecule has 0 amide bonds. The SMILES string of the molecule is Cc1csc(SCc2ccc(F)c(CN)c2)n1. The predicted molar refractivity (Wildman–Crippen MR) is 70.7 cm³/mol. The van der Waals surface area contributed by atoms with Gasteiger partial charge in [0.05, 0.1) is 0 Å². The van der Waals surface area contributed by atoms with Crippen molar-refractivity contribution < 1.29 is 4.39 Å². The van der Waals surface area contributed by atoms with Crippen LogP contribution < -0.4 is 5.73 Å². The Hall–Kier alpha value is -0.910. The van der Waals surface area contributed by atoms with Gasteiger partial charge < -0.3 is 5.73 Å². The minimum Gasteiger partial charge on any atom is -0.326 e. The molecule has 2 rings (SSSR count). The minimum absolute atomic E-state index is 0.230. The van der Waals surface area contributed by atoms with Gasteiger partial charge in [-0.15, -0.1) is 11.3 Å². The summed E-state index contributed by atoms with van der Waals surface area (Å²) >= 11 is 3.30. The van der Waals surface area contributed by atoms with E-state index in [9.17, 15) is 4.39 Å². The Bertz CT molecular complexity index is 511. The summed E-state index contributed by atoms with van der Waals surface area (Å²) in [4.78, 5) is 4.37. The first-order valence-electron chi connectivity index (χ1n) is 5.21. The van der Waals surface area contributed by atoms with Crippen molar-refractivity contribution in [2.45, 2.75) is 23.6 Å². The fourth-order valence-electron chi connectivity index (χ4n) is 1.42. The molecule has 0 aliphatic rings. The van der Waals surface area contributed by atoms with E-state index in [1.54, 1.807) is 29.2 Å². The number of thioether (sulfide) groups is 1. The molecule has 0 saturated carbocycles. The number of aromatic nitrogens is 1. The second-order valence-corrected chi connectivity index (χ2v) is 5.75. The van der Waals surface area contributed by atoms with Gasteiger partial charge in [-0.25, -0.2) is 9.37 Å². The van der Waals surface area contributed by atoms with E-state index >= 15 is 0 Å². The molecule has 2 N–H and O–H groups in total. The minimum atomic E-state index is -0.230. The van der Waals surface area contributed by atoms with Crippen molar-refractivity contribution in [1.29, 1.82) is 0 Å².